The number of nitrogens with zero attached hydrogens (tertiary/aromatic N) is 2. The molecule has 14 heavy (non-hydrogen) atoms. The molecule has 0 unspecified atom stereocenters. The Morgan fingerprint density at radius 2 is 1.71 bits per heavy atom. The van der Waals surface area contributed by atoms with Gasteiger partial charge in [0.05, 0.1) is 0 Å². The lowest BCUT2D eigenvalue weighted by Gasteiger charge is -2.32. The average Bonchev–Trinajstić information content (AvgIpc) is 1.99. The van der Waals surface area contributed by atoms with Gasteiger partial charge in [-0.25, -0.2) is 0 Å². The lowest BCUT2D eigenvalue weighted by atomic mass is 9.92. The molecule has 0 saturated heterocycles. The third-order valence-electron chi connectivity index (χ3n) is 1.95. The maximum absolute atomic E-state index is 11.3. The van der Waals surface area contributed by atoms with Gasteiger partial charge in [0.25, 0.3) is 0 Å². The van der Waals surface area contributed by atoms with Crippen LogP contribution in [-0.2, 0) is 4.79 Å². The summed E-state index contributed by atoms with van der Waals surface area (Å²) >= 11 is 5.48. The average molecular weight is 221 g/mol. The van der Waals surface area contributed by atoms with E-state index in [1.54, 1.807) is 11.9 Å². The predicted octanol–water partition coefficient (Wildman–Crippen LogP) is 1.27. The fourth-order valence-corrected chi connectivity index (χ4v) is 1.94. The summed E-state index contributed by atoms with van der Waals surface area (Å²) in [6.45, 7) is 5.97. The highest BCUT2D eigenvalue weighted by Crippen LogP contribution is 2.17. The van der Waals surface area contributed by atoms with Crippen LogP contribution in [0.25, 0.3) is 0 Å². The summed E-state index contributed by atoms with van der Waals surface area (Å²) in [6, 6.07) is 0. The van der Waals surface area contributed by atoms with Crippen LogP contribution in [0, 0.1) is 5.41 Å². The molecule has 0 aromatic heterocycles. The first-order valence-electron chi connectivity index (χ1n) is 4.73. The molecule has 1 amide bonds. The van der Waals surface area contributed by atoms with E-state index in [9.17, 15) is 4.79 Å². The number of rotatable bonds is 5. The van der Waals surface area contributed by atoms with E-state index in [0.717, 1.165) is 13.1 Å². The van der Waals surface area contributed by atoms with Crippen molar-refractivity contribution in [2.75, 3.05) is 40.1 Å². The van der Waals surface area contributed by atoms with E-state index < -0.39 is 0 Å². The normalized spacial score (nSPS) is 11.9. The third kappa shape index (κ3) is 5.45. The van der Waals surface area contributed by atoms with Gasteiger partial charge in [-0.2, -0.15) is 0 Å². The van der Waals surface area contributed by atoms with Crippen molar-refractivity contribution in [3.63, 3.8) is 0 Å². The summed E-state index contributed by atoms with van der Waals surface area (Å²) in [5.41, 5.74) is 0.0972. The molecular weight excluding hydrogens is 200 g/mol. The van der Waals surface area contributed by atoms with Gasteiger partial charge in [-0.05, 0) is 19.5 Å². The Bertz CT molecular complexity index is 193. The van der Waals surface area contributed by atoms with Crippen molar-refractivity contribution in [3.05, 3.63) is 0 Å². The smallest absolute Gasteiger partial charge is 0.237 e. The SMILES string of the molecule is CN(C)CC(C)(C)CN(C)C(=O)CCl. The molecule has 0 atom stereocenters. The van der Waals surface area contributed by atoms with Gasteiger partial charge in [-0.3, -0.25) is 4.79 Å². The first-order valence-corrected chi connectivity index (χ1v) is 5.26. The molecule has 0 aliphatic rings. The highest BCUT2D eigenvalue weighted by Gasteiger charge is 2.22. The highest BCUT2D eigenvalue weighted by molar-refractivity contribution is 6.27. The van der Waals surface area contributed by atoms with Crippen molar-refractivity contribution in [2.45, 2.75) is 13.8 Å². The van der Waals surface area contributed by atoms with Crippen molar-refractivity contribution in [1.29, 1.82) is 0 Å². The Balaban J connectivity index is 4.14. The molecule has 3 nitrogen and oxygen atoms in total. The zero-order valence-electron chi connectivity index (χ0n) is 9.80. The number of carbonyl (C=O) groups excluding carboxylic acids is 1. The molecule has 0 aromatic rings. The monoisotopic (exact) mass is 220 g/mol. The van der Waals surface area contributed by atoms with Gasteiger partial charge in [-0.1, -0.05) is 13.8 Å². The van der Waals surface area contributed by atoms with E-state index in [1.807, 2.05) is 14.1 Å². The molecule has 0 aliphatic heterocycles. The lowest BCUT2D eigenvalue weighted by Crippen LogP contribution is -2.41. The van der Waals surface area contributed by atoms with Crippen LogP contribution in [-0.4, -0.2) is 55.8 Å². The fraction of sp³-hybridized carbons (Fsp3) is 0.900. The molecule has 0 aromatic carbocycles. The summed E-state index contributed by atoms with van der Waals surface area (Å²) < 4.78 is 0. The molecule has 84 valence electrons. The van der Waals surface area contributed by atoms with E-state index in [1.165, 1.54) is 0 Å². The number of hydrogen-bond acceptors (Lipinski definition) is 2. The van der Waals surface area contributed by atoms with Crippen molar-refractivity contribution < 1.29 is 4.79 Å². The Labute approximate surface area is 92.0 Å². The van der Waals surface area contributed by atoms with Gasteiger partial charge in [-0.15, -0.1) is 11.6 Å². The Kier molecular flexibility index (Phi) is 5.45. The van der Waals surface area contributed by atoms with Gasteiger partial charge in [0.15, 0.2) is 0 Å². The van der Waals surface area contributed by atoms with Gasteiger partial charge >= 0.3 is 0 Å². The molecule has 0 spiro atoms. The van der Waals surface area contributed by atoms with Crippen LogP contribution in [0.1, 0.15) is 13.8 Å². The van der Waals surface area contributed by atoms with Crippen LogP contribution in [0.2, 0.25) is 0 Å². The minimum Gasteiger partial charge on any atom is -0.344 e. The lowest BCUT2D eigenvalue weighted by molar-refractivity contribution is -0.128. The first-order chi connectivity index (χ1) is 6.28. The highest BCUT2D eigenvalue weighted by atomic mass is 35.5. The molecule has 0 radical (unpaired) electrons. The predicted molar refractivity (Wildman–Crippen MR) is 60.7 cm³/mol. The number of amides is 1. The van der Waals surface area contributed by atoms with Crippen molar-refractivity contribution in [3.8, 4) is 0 Å². The van der Waals surface area contributed by atoms with Crippen molar-refractivity contribution >= 4 is 17.5 Å². The topological polar surface area (TPSA) is 23.6 Å². The molecular formula is C10H21ClN2O. The second kappa shape index (κ2) is 5.56. The van der Waals surface area contributed by atoms with Gasteiger partial charge in [0, 0.05) is 20.1 Å². The second-order valence-corrected chi connectivity index (χ2v) is 5.05. The molecule has 0 rings (SSSR count). The Morgan fingerprint density at radius 3 is 2.07 bits per heavy atom. The van der Waals surface area contributed by atoms with E-state index >= 15 is 0 Å². The van der Waals surface area contributed by atoms with E-state index in [0.29, 0.717) is 0 Å². The van der Waals surface area contributed by atoms with Crippen molar-refractivity contribution in [1.82, 2.24) is 9.80 Å². The van der Waals surface area contributed by atoms with Gasteiger partial charge in [0.1, 0.15) is 5.88 Å². The summed E-state index contributed by atoms with van der Waals surface area (Å²) in [4.78, 5) is 15.1. The minimum absolute atomic E-state index is 0.0153. The Morgan fingerprint density at radius 1 is 1.21 bits per heavy atom. The molecule has 4 heteroatoms. The zero-order chi connectivity index (χ0) is 11.4. The molecule has 0 heterocycles. The van der Waals surface area contributed by atoms with Crippen LogP contribution in [0.4, 0.5) is 0 Å². The van der Waals surface area contributed by atoms with Gasteiger partial charge < -0.3 is 9.80 Å². The maximum atomic E-state index is 11.3. The standard InChI is InChI=1S/C10H21ClN2O/c1-10(2,7-12(3)4)8-13(5)9(14)6-11/h6-8H2,1-5H3. The molecule has 0 bridgehead atoms. The van der Waals surface area contributed by atoms with Gasteiger partial charge in [0.2, 0.25) is 5.91 Å². The first kappa shape index (κ1) is 13.7. The molecule has 0 fully saturated rings. The van der Waals surface area contributed by atoms with Crippen LogP contribution >= 0.6 is 11.6 Å². The minimum atomic E-state index is -0.0153. The van der Waals surface area contributed by atoms with E-state index in [4.69, 9.17) is 11.6 Å². The van der Waals surface area contributed by atoms with E-state index in [-0.39, 0.29) is 17.2 Å². The summed E-state index contributed by atoms with van der Waals surface area (Å²) in [6.07, 6.45) is 0. The number of alkyl halides is 1. The zero-order valence-corrected chi connectivity index (χ0v) is 10.6. The fourth-order valence-electron chi connectivity index (χ4n) is 1.74. The number of hydrogen-bond donors (Lipinski definition) is 0. The maximum Gasteiger partial charge on any atom is 0.237 e. The van der Waals surface area contributed by atoms with Crippen molar-refractivity contribution in [2.24, 2.45) is 5.41 Å². The third-order valence-corrected chi connectivity index (χ3v) is 2.18. The molecule has 0 aliphatic carbocycles. The second-order valence-electron chi connectivity index (χ2n) is 4.79. The molecule has 0 N–H and O–H groups in total. The molecule has 0 saturated carbocycles. The Hall–Kier alpha value is -0.280. The van der Waals surface area contributed by atoms with Crippen LogP contribution in [0.3, 0.4) is 0 Å². The summed E-state index contributed by atoms with van der Waals surface area (Å²) in [5.74, 6) is 0.0488. The number of halogens is 1. The summed E-state index contributed by atoms with van der Waals surface area (Å²) in [7, 11) is 5.86. The van der Waals surface area contributed by atoms with Crippen LogP contribution in [0.15, 0.2) is 0 Å². The largest absolute Gasteiger partial charge is 0.344 e. The number of carbonyl (C=O) groups is 1. The quantitative estimate of drug-likeness (QED) is 0.652. The summed E-state index contributed by atoms with van der Waals surface area (Å²) in [5, 5.41) is 0. The van der Waals surface area contributed by atoms with E-state index in [2.05, 4.69) is 18.7 Å². The van der Waals surface area contributed by atoms with Crippen LogP contribution < -0.4 is 0 Å². The van der Waals surface area contributed by atoms with Crippen LogP contribution in [0.5, 0.6) is 0 Å².